The molecule has 0 N–H and O–H groups in total. The molecule has 0 saturated carbocycles. The van der Waals surface area contributed by atoms with Crippen molar-refractivity contribution in [2.75, 3.05) is 4.90 Å². The Kier molecular flexibility index (Phi) is 7.78. The number of benzene rings is 10. The maximum atomic E-state index is 6.55. The molecule has 13 rings (SSSR count). The number of fused-ring (bicyclic) bond motifs is 11. The summed E-state index contributed by atoms with van der Waals surface area (Å²) in [5.74, 6) is 0. The van der Waals surface area contributed by atoms with Crippen LogP contribution in [0.15, 0.2) is 223 Å². The van der Waals surface area contributed by atoms with E-state index in [4.69, 9.17) is 4.42 Å². The summed E-state index contributed by atoms with van der Waals surface area (Å²) in [4.78, 5) is 2.40. The number of furan rings is 1. The zero-order chi connectivity index (χ0) is 40.7. The van der Waals surface area contributed by atoms with E-state index < -0.39 is 0 Å². The molecular weight excluding hydrogens is 773 g/mol. The fraction of sp³-hybridized carbons (Fsp3) is 0. The van der Waals surface area contributed by atoms with Crippen LogP contribution < -0.4 is 4.90 Å². The van der Waals surface area contributed by atoms with Crippen LogP contribution >= 0.6 is 11.3 Å². The van der Waals surface area contributed by atoms with E-state index in [1.807, 2.05) is 11.3 Å². The highest BCUT2D eigenvalue weighted by Crippen LogP contribution is 2.45. The van der Waals surface area contributed by atoms with E-state index in [-0.39, 0.29) is 0 Å². The van der Waals surface area contributed by atoms with E-state index in [1.165, 1.54) is 58.5 Å². The smallest absolute Gasteiger partial charge is 0.143 e. The van der Waals surface area contributed by atoms with Gasteiger partial charge in [-0.2, -0.15) is 0 Å². The van der Waals surface area contributed by atoms with Crippen molar-refractivity contribution in [2.45, 2.75) is 0 Å². The van der Waals surface area contributed by atoms with E-state index in [2.05, 4.69) is 228 Å². The fourth-order valence-corrected chi connectivity index (χ4v) is 11.0. The molecule has 0 radical (unpaired) electrons. The Balaban J connectivity index is 0.972. The highest BCUT2D eigenvalue weighted by atomic mass is 32.1. The molecule has 62 heavy (non-hydrogen) atoms. The molecule has 13 aromatic rings. The summed E-state index contributed by atoms with van der Waals surface area (Å²) in [5, 5.41) is 9.67. The second-order valence-corrected chi connectivity index (χ2v) is 17.1. The van der Waals surface area contributed by atoms with Crippen molar-refractivity contribution in [3.63, 3.8) is 0 Å². The minimum Gasteiger partial charge on any atom is -0.455 e. The number of hydrogen-bond acceptors (Lipinski definition) is 3. The number of rotatable bonds is 6. The minimum absolute atomic E-state index is 0.888. The first-order valence-electron chi connectivity index (χ1n) is 21.1. The van der Waals surface area contributed by atoms with Gasteiger partial charge in [-0.3, -0.25) is 0 Å². The minimum atomic E-state index is 0.888. The van der Waals surface area contributed by atoms with E-state index >= 15 is 0 Å². The van der Waals surface area contributed by atoms with Gasteiger partial charge in [-0.1, -0.05) is 140 Å². The van der Waals surface area contributed by atoms with Gasteiger partial charge < -0.3 is 13.9 Å². The number of anilines is 3. The molecule has 0 unspecified atom stereocenters. The SMILES string of the molecule is c1ccc(N(c2ccc(-c3cccc4c3sc3ccccc34)cc2)c2ccc(-n3c4ccccc4c4ccccc43)cc2)c(-c2ccc3oc4c5ccccc5ccc4c3c2)c1. The summed E-state index contributed by atoms with van der Waals surface area (Å²) in [6.45, 7) is 0. The van der Waals surface area contributed by atoms with Gasteiger partial charge in [-0.25, -0.2) is 0 Å². The largest absolute Gasteiger partial charge is 0.455 e. The number of nitrogens with zero attached hydrogens (tertiary/aromatic N) is 2. The Morgan fingerprint density at radius 3 is 1.81 bits per heavy atom. The number of aromatic nitrogens is 1. The predicted octanol–water partition coefficient (Wildman–Crippen LogP) is 17.0. The molecule has 4 heteroatoms. The molecule has 0 bridgehead atoms. The van der Waals surface area contributed by atoms with Gasteiger partial charge in [-0.05, 0) is 101 Å². The maximum absolute atomic E-state index is 6.55. The van der Waals surface area contributed by atoms with Crippen molar-refractivity contribution in [3.8, 4) is 27.9 Å². The Bertz CT molecular complexity index is 3820. The lowest BCUT2D eigenvalue weighted by molar-refractivity contribution is 0.672. The van der Waals surface area contributed by atoms with Crippen LogP contribution in [0.3, 0.4) is 0 Å². The summed E-state index contributed by atoms with van der Waals surface area (Å²) in [6, 6.07) is 79.2. The molecule has 0 aliphatic rings. The van der Waals surface area contributed by atoms with Crippen molar-refractivity contribution in [1.29, 1.82) is 0 Å². The number of hydrogen-bond donors (Lipinski definition) is 0. The molecular formula is C58H36N2OS. The lowest BCUT2D eigenvalue weighted by atomic mass is 9.98. The van der Waals surface area contributed by atoms with Crippen LogP contribution in [0.4, 0.5) is 17.1 Å². The van der Waals surface area contributed by atoms with Crippen LogP contribution in [0.5, 0.6) is 0 Å². The van der Waals surface area contributed by atoms with Gasteiger partial charge >= 0.3 is 0 Å². The van der Waals surface area contributed by atoms with Crippen molar-refractivity contribution < 1.29 is 4.42 Å². The lowest BCUT2D eigenvalue weighted by Gasteiger charge is -2.28. The van der Waals surface area contributed by atoms with Gasteiger partial charge in [0.1, 0.15) is 11.2 Å². The van der Waals surface area contributed by atoms with Crippen LogP contribution in [0.25, 0.3) is 103 Å². The van der Waals surface area contributed by atoms with Crippen LogP contribution in [0, 0.1) is 0 Å². The molecule has 0 spiro atoms. The molecule has 0 fully saturated rings. The highest BCUT2D eigenvalue weighted by Gasteiger charge is 2.20. The summed E-state index contributed by atoms with van der Waals surface area (Å²) in [7, 11) is 0. The quantitative estimate of drug-likeness (QED) is 0.167. The molecule has 0 aliphatic heterocycles. The van der Waals surface area contributed by atoms with Crippen LogP contribution in [-0.2, 0) is 0 Å². The van der Waals surface area contributed by atoms with E-state index in [0.717, 1.165) is 61.2 Å². The van der Waals surface area contributed by atoms with E-state index in [1.54, 1.807) is 0 Å². The van der Waals surface area contributed by atoms with E-state index in [9.17, 15) is 0 Å². The molecule has 3 nitrogen and oxygen atoms in total. The number of thiophene rings is 1. The maximum Gasteiger partial charge on any atom is 0.143 e. The molecule has 290 valence electrons. The Morgan fingerprint density at radius 2 is 1.02 bits per heavy atom. The summed E-state index contributed by atoms with van der Waals surface area (Å²) < 4.78 is 11.6. The van der Waals surface area contributed by atoms with Crippen molar-refractivity contribution >= 4 is 103 Å². The molecule has 3 heterocycles. The molecule has 0 saturated heterocycles. The van der Waals surface area contributed by atoms with Crippen LogP contribution in [-0.4, -0.2) is 4.57 Å². The topological polar surface area (TPSA) is 21.3 Å². The third-order valence-electron chi connectivity index (χ3n) is 12.6. The van der Waals surface area contributed by atoms with E-state index in [0.29, 0.717) is 0 Å². The number of para-hydroxylation sites is 3. The highest BCUT2D eigenvalue weighted by molar-refractivity contribution is 7.26. The van der Waals surface area contributed by atoms with Gasteiger partial charge in [0, 0.05) is 69.7 Å². The lowest BCUT2D eigenvalue weighted by Crippen LogP contribution is -2.11. The van der Waals surface area contributed by atoms with Crippen molar-refractivity contribution in [3.05, 3.63) is 218 Å². The first-order valence-corrected chi connectivity index (χ1v) is 21.9. The van der Waals surface area contributed by atoms with Gasteiger partial charge in [0.2, 0.25) is 0 Å². The van der Waals surface area contributed by atoms with Crippen molar-refractivity contribution in [2.24, 2.45) is 0 Å². The zero-order valence-electron chi connectivity index (χ0n) is 33.5. The first kappa shape index (κ1) is 34.9. The standard InChI is InChI=1S/C58H36N2OS/c1-2-14-44-37(12-1)26-34-49-51-36-39(27-35-55(51)61-57(44)49)43-13-3-7-20-52(43)59(40-28-24-38(25-29-40)45-18-11-19-50-48-17-6-10-23-56(48)62-58(45)50)41-30-32-42(33-31-41)60-53-21-8-4-15-46(53)47-16-5-9-22-54(47)60/h1-36H. The summed E-state index contributed by atoms with van der Waals surface area (Å²) in [5.41, 5.74) is 13.3. The first-order chi connectivity index (χ1) is 30.7. The third-order valence-corrected chi connectivity index (χ3v) is 13.8. The van der Waals surface area contributed by atoms with Crippen LogP contribution in [0.2, 0.25) is 0 Å². The molecule has 3 aromatic heterocycles. The average Bonchev–Trinajstić information content (AvgIpc) is 4.02. The monoisotopic (exact) mass is 808 g/mol. The Labute approximate surface area is 361 Å². The van der Waals surface area contributed by atoms with Gasteiger partial charge in [0.05, 0.1) is 16.7 Å². The zero-order valence-corrected chi connectivity index (χ0v) is 34.3. The second-order valence-electron chi connectivity index (χ2n) is 16.0. The van der Waals surface area contributed by atoms with Crippen molar-refractivity contribution in [1.82, 2.24) is 4.57 Å². The molecule has 0 aliphatic carbocycles. The predicted molar refractivity (Wildman–Crippen MR) is 264 cm³/mol. The third kappa shape index (κ3) is 5.37. The normalized spacial score (nSPS) is 11.9. The fourth-order valence-electron chi connectivity index (χ4n) is 9.73. The van der Waals surface area contributed by atoms with Gasteiger partial charge in [0.25, 0.3) is 0 Å². The molecule has 0 amide bonds. The Morgan fingerprint density at radius 1 is 0.403 bits per heavy atom. The Hall–Kier alpha value is -7.92. The van der Waals surface area contributed by atoms with Crippen LogP contribution in [0.1, 0.15) is 0 Å². The average molecular weight is 809 g/mol. The second kappa shape index (κ2) is 13.8. The molecule has 10 aromatic carbocycles. The van der Waals surface area contributed by atoms with Gasteiger partial charge in [0.15, 0.2) is 0 Å². The summed E-state index contributed by atoms with van der Waals surface area (Å²) >= 11 is 1.87. The summed E-state index contributed by atoms with van der Waals surface area (Å²) in [6.07, 6.45) is 0. The molecule has 0 atom stereocenters. The van der Waals surface area contributed by atoms with Gasteiger partial charge in [-0.15, -0.1) is 11.3 Å².